The lowest BCUT2D eigenvalue weighted by Gasteiger charge is -2.18. The van der Waals surface area contributed by atoms with Crippen molar-refractivity contribution in [3.63, 3.8) is 0 Å². The number of carbonyl (C=O) groups excluding carboxylic acids is 3. The minimum atomic E-state index is -1.18. The van der Waals surface area contributed by atoms with Crippen LogP contribution in [0.3, 0.4) is 0 Å². The number of nitrogens with two attached hydrogens (primary N) is 1. The van der Waals surface area contributed by atoms with Gasteiger partial charge in [0.1, 0.15) is 5.69 Å². The molecule has 0 aromatic heterocycles. The average molecular weight is 342 g/mol. The highest BCUT2D eigenvalue weighted by Crippen LogP contribution is 2.23. The molecule has 0 bridgehead atoms. The summed E-state index contributed by atoms with van der Waals surface area (Å²) in [5, 5.41) is 13.1. The molecule has 0 saturated carbocycles. The van der Waals surface area contributed by atoms with Crippen molar-refractivity contribution in [1.29, 1.82) is 0 Å². The number of hydrogen-bond donors (Lipinski definition) is 2. The van der Waals surface area contributed by atoms with Gasteiger partial charge in [-0.15, -0.1) is 0 Å². The SMILES string of the molecule is CC(=O)N(C(=O)C(=O)Nc1ccccc1[N+](=O)[O-])c1ccc(N)cc1. The van der Waals surface area contributed by atoms with Crippen LogP contribution in [0.15, 0.2) is 48.5 Å². The van der Waals surface area contributed by atoms with E-state index in [4.69, 9.17) is 5.73 Å². The second-order valence-corrected chi connectivity index (χ2v) is 4.98. The summed E-state index contributed by atoms with van der Waals surface area (Å²) in [5.74, 6) is -3.04. The third-order valence-electron chi connectivity index (χ3n) is 3.21. The number of nitrogens with zero attached hydrogens (tertiary/aromatic N) is 2. The molecule has 0 saturated heterocycles. The number of nitro benzene ring substituents is 1. The third-order valence-corrected chi connectivity index (χ3v) is 3.21. The van der Waals surface area contributed by atoms with Crippen molar-refractivity contribution in [2.45, 2.75) is 6.92 Å². The van der Waals surface area contributed by atoms with Gasteiger partial charge in [-0.25, -0.2) is 4.90 Å². The maximum atomic E-state index is 12.3. The fraction of sp³-hybridized carbons (Fsp3) is 0.0625. The molecule has 0 radical (unpaired) electrons. The van der Waals surface area contributed by atoms with Crippen LogP contribution in [0.2, 0.25) is 0 Å². The van der Waals surface area contributed by atoms with E-state index in [0.29, 0.717) is 10.6 Å². The van der Waals surface area contributed by atoms with Gasteiger partial charge in [-0.1, -0.05) is 12.1 Å². The molecule has 2 aromatic rings. The number of benzene rings is 2. The molecule has 9 nitrogen and oxygen atoms in total. The van der Waals surface area contributed by atoms with E-state index in [0.717, 1.165) is 6.92 Å². The summed E-state index contributed by atoms with van der Waals surface area (Å²) < 4.78 is 0. The van der Waals surface area contributed by atoms with Crippen molar-refractivity contribution in [3.05, 3.63) is 58.6 Å². The number of hydrogen-bond acceptors (Lipinski definition) is 6. The number of amides is 3. The molecule has 128 valence electrons. The van der Waals surface area contributed by atoms with Gasteiger partial charge in [-0.05, 0) is 30.3 Å². The molecular formula is C16H14N4O5. The lowest BCUT2D eigenvalue weighted by molar-refractivity contribution is -0.383. The van der Waals surface area contributed by atoms with Gasteiger partial charge in [-0.2, -0.15) is 0 Å². The van der Waals surface area contributed by atoms with Crippen LogP contribution < -0.4 is 16.0 Å². The molecule has 0 unspecified atom stereocenters. The molecule has 0 fully saturated rings. The Bertz CT molecular complexity index is 848. The molecule has 9 heteroatoms. The number of carbonyl (C=O) groups is 3. The lowest BCUT2D eigenvalue weighted by Crippen LogP contribution is -2.42. The monoisotopic (exact) mass is 342 g/mol. The molecule has 3 amide bonds. The predicted octanol–water partition coefficient (Wildman–Crippen LogP) is 1.70. The normalized spacial score (nSPS) is 9.96. The molecule has 25 heavy (non-hydrogen) atoms. The zero-order chi connectivity index (χ0) is 18.6. The molecule has 0 spiro atoms. The van der Waals surface area contributed by atoms with Crippen molar-refractivity contribution >= 4 is 40.5 Å². The van der Waals surface area contributed by atoms with Crippen LogP contribution in [-0.4, -0.2) is 22.6 Å². The summed E-state index contributed by atoms with van der Waals surface area (Å²) >= 11 is 0. The van der Waals surface area contributed by atoms with Crippen LogP contribution in [0, 0.1) is 10.1 Å². The summed E-state index contributed by atoms with van der Waals surface area (Å²) in [7, 11) is 0. The minimum absolute atomic E-state index is 0.147. The number of nitro groups is 1. The van der Waals surface area contributed by atoms with Gasteiger partial charge in [0.2, 0.25) is 5.91 Å². The van der Waals surface area contributed by atoms with Crippen molar-refractivity contribution in [1.82, 2.24) is 0 Å². The van der Waals surface area contributed by atoms with Crippen LogP contribution in [-0.2, 0) is 14.4 Å². The highest BCUT2D eigenvalue weighted by atomic mass is 16.6. The number of imide groups is 1. The van der Waals surface area contributed by atoms with E-state index in [-0.39, 0.29) is 17.1 Å². The maximum absolute atomic E-state index is 12.3. The van der Waals surface area contributed by atoms with Crippen molar-refractivity contribution in [2.75, 3.05) is 16.0 Å². The molecule has 3 N–H and O–H groups in total. The van der Waals surface area contributed by atoms with Crippen LogP contribution in [0.5, 0.6) is 0 Å². The smallest absolute Gasteiger partial charge is 0.323 e. The number of anilines is 3. The third kappa shape index (κ3) is 3.96. The van der Waals surface area contributed by atoms with E-state index in [1.54, 1.807) is 0 Å². The highest BCUT2D eigenvalue weighted by molar-refractivity contribution is 6.48. The van der Waals surface area contributed by atoms with Gasteiger partial charge in [0.15, 0.2) is 0 Å². The first-order valence-corrected chi connectivity index (χ1v) is 7.06. The van der Waals surface area contributed by atoms with E-state index >= 15 is 0 Å². The Hall–Kier alpha value is -3.75. The van der Waals surface area contributed by atoms with Gasteiger partial charge >= 0.3 is 11.8 Å². The standard InChI is InChI=1S/C16H14N4O5/c1-10(21)19(12-8-6-11(17)7-9-12)16(23)15(22)18-13-4-2-3-5-14(13)20(24)25/h2-9H,17H2,1H3,(H,18,22). The van der Waals surface area contributed by atoms with Gasteiger partial charge in [0, 0.05) is 18.7 Å². The van der Waals surface area contributed by atoms with E-state index < -0.39 is 22.6 Å². The van der Waals surface area contributed by atoms with Crippen LogP contribution in [0.1, 0.15) is 6.92 Å². The molecular weight excluding hydrogens is 328 g/mol. The topological polar surface area (TPSA) is 136 Å². The Labute approximate surface area is 142 Å². The summed E-state index contributed by atoms with van der Waals surface area (Å²) in [6.45, 7) is 1.12. The maximum Gasteiger partial charge on any atom is 0.323 e. The van der Waals surface area contributed by atoms with Crippen molar-refractivity contribution in [2.24, 2.45) is 0 Å². The van der Waals surface area contributed by atoms with Crippen LogP contribution >= 0.6 is 0 Å². The Morgan fingerprint density at radius 1 is 1.08 bits per heavy atom. The molecule has 2 rings (SSSR count). The van der Waals surface area contributed by atoms with Crippen molar-refractivity contribution in [3.8, 4) is 0 Å². The van der Waals surface area contributed by atoms with Crippen LogP contribution in [0.25, 0.3) is 0 Å². The fourth-order valence-corrected chi connectivity index (χ4v) is 2.08. The summed E-state index contributed by atoms with van der Waals surface area (Å²) in [4.78, 5) is 47.2. The molecule has 2 aromatic carbocycles. The predicted molar refractivity (Wildman–Crippen MR) is 90.7 cm³/mol. The Morgan fingerprint density at radius 3 is 2.24 bits per heavy atom. The second kappa shape index (κ2) is 7.21. The summed E-state index contributed by atoms with van der Waals surface area (Å²) in [6, 6.07) is 11.1. The lowest BCUT2D eigenvalue weighted by atomic mass is 10.2. The average Bonchev–Trinajstić information content (AvgIpc) is 2.56. The zero-order valence-electron chi connectivity index (χ0n) is 13.1. The van der Waals surface area contributed by atoms with E-state index in [1.165, 1.54) is 48.5 Å². The minimum Gasteiger partial charge on any atom is -0.399 e. The molecule has 0 aliphatic rings. The molecule has 0 atom stereocenters. The molecule has 0 aliphatic carbocycles. The van der Waals surface area contributed by atoms with E-state index in [9.17, 15) is 24.5 Å². The zero-order valence-corrected chi connectivity index (χ0v) is 13.1. The largest absolute Gasteiger partial charge is 0.399 e. The fourth-order valence-electron chi connectivity index (χ4n) is 2.08. The summed E-state index contributed by atoms with van der Waals surface area (Å²) in [5.41, 5.74) is 5.62. The Balaban J connectivity index is 2.28. The Kier molecular flexibility index (Phi) is 5.08. The van der Waals surface area contributed by atoms with Crippen LogP contribution in [0.4, 0.5) is 22.7 Å². The van der Waals surface area contributed by atoms with E-state index in [1.807, 2.05) is 0 Å². The molecule has 0 heterocycles. The van der Waals surface area contributed by atoms with Gasteiger partial charge in [0.25, 0.3) is 5.69 Å². The summed E-state index contributed by atoms with van der Waals surface area (Å²) in [6.07, 6.45) is 0. The van der Waals surface area contributed by atoms with Crippen molar-refractivity contribution < 1.29 is 19.3 Å². The second-order valence-electron chi connectivity index (χ2n) is 4.98. The number of rotatable bonds is 3. The van der Waals surface area contributed by atoms with Gasteiger partial charge < -0.3 is 11.1 Å². The number of nitrogen functional groups attached to an aromatic ring is 1. The number of para-hydroxylation sites is 2. The Morgan fingerprint density at radius 2 is 1.68 bits per heavy atom. The quantitative estimate of drug-likeness (QED) is 0.377. The first-order valence-electron chi connectivity index (χ1n) is 7.06. The first-order chi connectivity index (χ1) is 11.8. The first kappa shape index (κ1) is 17.6. The van der Waals surface area contributed by atoms with E-state index in [2.05, 4.69) is 5.32 Å². The highest BCUT2D eigenvalue weighted by Gasteiger charge is 2.28. The number of nitrogens with one attached hydrogen (secondary N) is 1. The van der Waals surface area contributed by atoms with Gasteiger partial charge in [0.05, 0.1) is 10.6 Å². The molecule has 0 aliphatic heterocycles. The van der Waals surface area contributed by atoms with Gasteiger partial charge in [-0.3, -0.25) is 24.5 Å².